The Morgan fingerprint density at radius 2 is 1.75 bits per heavy atom. The van der Waals surface area contributed by atoms with Crippen molar-refractivity contribution in [3.05, 3.63) is 47.5 Å². The van der Waals surface area contributed by atoms with E-state index >= 15 is 0 Å². The summed E-state index contributed by atoms with van der Waals surface area (Å²) >= 11 is 7.28. The second-order valence-electron chi connectivity index (χ2n) is 5.65. The van der Waals surface area contributed by atoms with E-state index in [4.69, 9.17) is 21.4 Å². The van der Waals surface area contributed by atoms with Gasteiger partial charge in [0.1, 0.15) is 5.75 Å². The van der Waals surface area contributed by atoms with E-state index in [1.165, 1.54) is 18.9 Å². The van der Waals surface area contributed by atoms with Crippen LogP contribution in [0.2, 0.25) is 5.02 Å². The molecule has 9 heteroatoms. The molecular formula is C19H19ClN2O5S. The molecule has 2 aromatic carbocycles. The molecule has 148 valence electrons. The third kappa shape index (κ3) is 7.13. The summed E-state index contributed by atoms with van der Waals surface area (Å²) < 4.78 is 5.19. The molecule has 0 bridgehead atoms. The highest BCUT2D eigenvalue weighted by Crippen LogP contribution is 2.28. The number of aliphatic carboxylic acids is 1. The first-order chi connectivity index (χ1) is 13.4. The van der Waals surface area contributed by atoms with Crippen LogP contribution in [0.3, 0.4) is 0 Å². The van der Waals surface area contributed by atoms with Crippen molar-refractivity contribution in [2.24, 2.45) is 0 Å². The molecule has 2 aromatic rings. The van der Waals surface area contributed by atoms with Gasteiger partial charge in [-0.2, -0.15) is 0 Å². The molecule has 28 heavy (non-hydrogen) atoms. The van der Waals surface area contributed by atoms with Gasteiger partial charge in [0, 0.05) is 22.0 Å². The van der Waals surface area contributed by atoms with Crippen LogP contribution in [0.25, 0.3) is 0 Å². The van der Waals surface area contributed by atoms with Crippen LogP contribution in [0.1, 0.15) is 12.8 Å². The molecule has 0 aliphatic rings. The number of carboxylic acid groups (broad SMARTS) is 1. The SMILES string of the molecule is COc1ccc(Cl)cc1NC(=O)CSc1ccc(NC(=O)CCC(=O)O)cc1. The fourth-order valence-electron chi connectivity index (χ4n) is 2.19. The van der Waals surface area contributed by atoms with Crippen molar-refractivity contribution >= 4 is 52.5 Å². The van der Waals surface area contributed by atoms with Gasteiger partial charge in [0.05, 0.1) is 25.0 Å². The predicted molar refractivity (Wildman–Crippen MR) is 109 cm³/mol. The molecule has 3 N–H and O–H groups in total. The van der Waals surface area contributed by atoms with Gasteiger partial charge in [-0.05, 0) is 42.5 Å². The Hall–Kier alpha value is -2.71. The van der Waals surface area contributed by atoms with E-state index in [2.05, 4.69) is 10.6 Å². The van der Waals surface area contributed by atoms with Crippen LogP contribution >= 0.6 is 23.4 Å². The summed E-state index contributed by atoms with van der Waals surface area (Å²) in [7, 11) is 1.51. The predicted octanol–water partition coefficient (Wildman–Crippen LogP) is 3.88. The van der Waals surface area contributed by atoms with E-state index in [0.717, 1.165) is 4.90 Å². The van der Waals surface area contributed by atoms with Crippen molar-refractivity contribution in [1.29, 1.82) is 0 Å². The zero-order chi connectivity index (χ0) is 20.5. The summed E-state index contributed by atoms with van der Waals surface area (Å²) in [6.45, 7) is 0. The number of rotatable bonds is 9. The van der Waals surface area contributed by atoms with Crippen molar-refractivity contribution in [2.75, 3.05) is 23.5 Å². The van der Waals surface area contributed by atoms with Crippen LogP contribution in [0.4, 0.5) is 11.4 Å². The Morgan fingerprint density at radius 3 is 2.39 bits per heavy atom. The zero-order valence-corrected chi connectivity index (χ0v) is 16.6. The van der Waals surface area contributed by atoms with Gasteiger partial charge in [-0.25, -0.2) is 0 Å². The van der Waals surface area contributed by atoms with Crippen LogP contribution in [0.5, 0.6) is 5.75 Å². The first-order valence-electron chi connectivity index (χ1n) is 8.25. The quantitative estimate of drug-likeness (QED) is 0.529. The van der Waals surface area contributed by atoms with Crippen molar-refractivity contribution in [3.63, 3.8) is 0 Å². The van der Waals surface area contributed by atoms with Gasteiger partial charge in [-0.1, -0.05) is 11.6 Å². The molecule has 0 unspecified atom stereocenters. The van der Waals surface area contributed by atoms with E-state index in [9.17, 15) is 14.4 Å². The van der Waals surface area contributed by atoms with Crippen LogP contribution in [-0.4, -0.2) is 35.8 Å². The summed E-state index contributed by atoms with van der Waals surface area (Å²) in [5, 5.41) is 14.4. The number of carboxylic acids is 1. The number of carbonyl (C=O) groups excluding carboxylic acids is 2. The fraction of sp³-hybridized carbons (Fsp3) is 0.211. The lowest BCUT2D eigenvalue weighted by molar-refractivity contribution is -0.138. The van der Waals surface area contributed by atoms with Gasteiger partial charge in [-0.15, -0.1) is 11.8 Å². The average molecular weight is 423 g/mol. The average Bonchev–Trinajstić information content (AvgIpc) is 2.66. The molecule has 0 saturated carbocycles. The topological polar surface area (TPSA) is 105 Å². The summed E-state index contributed by atoms with van der Waals surface area (Å²) in [5.74, 6) is -0.893. The monoisotopic (exact) mass is 422 g/mol. The number of anilines is 2. The van der Waals surface area contributed by atoms with E-state index in [1.54, 1.807) is 42.5 Å². The molecule has 0 fully saturated rings. The number of carbonyl (C=O) groups is 3. The highest BCUT2D eigenvalue weighted by Gasteiger charge is 2.10. The molecular weight excluding hydrogens is 404 g/mol. The van der Waals surface area contributed by atoms with Crippen LogP contribution in [0, 0.1) is 0 Å². The van der Waals surface area contributed by atoms with Crippen LogP contribution in [-0.2, 0) is 14.4 Å². The van der Waals surface area contributed by atoms with Gasteiger partial charge in [0.15, 0.2) is 0 Å². The van der Waals surface area contributed by atoms with Crippen molar-refractivity contribution in [2.45, 2.75) is 17.7 Å². The molecule has 0 atom stereocenters. The van der Waals surface area contributed by atoms with E-state index in [1.807, 2.05) is 0 Å². The number of thioether (sulfide) groups is 1. The Morgan fingerprint density at radius 1 is 1.04 bits per heavy atom. The molecule has 0 aliphatic heterocycles. The molecule has 0 aromatic heterocycles. The van der Waals surface area contributed by atoms with Gasteiger partial charge in [0.25, 0.3) is 0 Å². The number of hydrogen-bond acceptors (Lipinski definition) is 5. The maximum atomic E-state index is 12.2. The number of amides is 2. The fourth-order valence-corrected chi connectivity index (χ4v) is 3.06. The minimum Gasteiger partial charge on any atom is -0.495 e. The molecule has 0 saturated heterocycles. The van der Waals surface area contributed by atoms with E-state index < -0.39 is 5.97 Å². The Balaban J connectivity index is 1.84. The first-order valence-corrected chi connectivity index (χ1v) is 9.61. The molecule has 0 radical (unpaired) electrons. The van der Waals surface area contributed by atoms with Crippen LogP contribution < -0.4 is 15.4 Å². The summed E-state index contributed by atoms with van der Waals surface area (Å²) in [5.41, 5.74) is 1.06. The Kier molecular flexibility index (Phi) is 8.16. The van der Waals surface area contributed by atoms with E-state index in [0.29, 0.717) is 22.1 Å². The van der Waals surface area contributed by atoms with Crippen molar-refractivity contribution < 1.29 is 24.2 Å². The molecule has 0 heterocycles. The molecule has 0 spiro atoms. The standard InChI is InChI=1S/C19H19ClN2O5S/c1-27-16-7-2-12(20)10-15(16)22-18(24)11-28-14-5-3-13(4-6-14)21-17(23)8-9-19(25)26/h2-7,10H,8-9,11H2,1H3,(H,21,23)(H,22,24)(H,25,26). The van der Waals surface area contributed by atoms with Gasteiger partial charge < -0.3 is 20.5 Å². The van der Waals surface area contributed by atoms with Gasteiger partial charge in [0.2, 0.25) is 11.8 Å². The number of benzene rings is 2. The third-order valence-electron chi connectivity index (χ3n) is 3.51. The maximum absolute atomic E-state index is 12.2. The van der Waals surface area contributed by atoms with Gasteiger partial charge >= 0.3 is 5.97 Å². The lowest BCUT2D eigenvalue weighted by atomic mass is 10.2. The summed E-state index contributed by atoms with van der Waals surface area (Å²) in [6, 6.07) is 11.9. The smallest absolute Gasteiger partial charge is 0.303 e. The van der Waals surface area contributed by atoms with Gasteiger partial charge in [-0.3, -0.25) is 14.4 Å². The minimum atomic E-state index is -1.02. The third-order valence-corrected chi connectivity index (χ3v) is 4.76. The summed E-state index contributed by atoms with van der Waals surface area (Å²) in [6.07, 6.45) is -0.300. The van der Waals surface area contributed by atoms with Crippen LogP contribution in [0.15, 0.2) is 47.4 Å². The number of hydrogen-bond donors (Lipinski definition) is 3. The first kappa shape index (κ1) is 21.6. The lowest BCUT2D eigenvalue weighted by Crippen LogP contribution is -2.14. The Bertz CT molecular complexity index is 858. The number of methoxy groups -OCH3 is 1. The number of halogens is 1. The molecule has 2 amide bonds. The molecule has 7 nitrogen and oxygen atoms in total. The highest BCUT2D eigenvalue weighted by atomic mass is 35.5. The largest absolute Gasteiger partial charge is 0.495 e. The molecule has 2 rings (SSSR count). The number of nitrogens with one attached hydrogen (secondary N) is 2. The van der Waals surface area contributed by atoms with Crippen molar-refractivity contribution in [3.8, 4) is 5.75 Å². The zero-order valence-electron chi connectivity index (χ0n) is 15.0. The second-order valence-corrected chi connectivity index (χ2v) is 7.13. The highest BCUT2D eigenvalue weighted by molar-refractivity contribution is 8.00. The molecule has 0 aliphatic carbocycles. The normalized spacial score (nSPS) is 10.2. The maximum Gasteiger partial charge on any atom is 0.303 e. The van der Waals surface area contributed by atoms with E-state index in [-0.39, 0.29) is 30.4 Å². The lowest BCUT2D eigenvalue weighted by Gasteiger charge is -2.10. The minimum absolute atomic E-state index is 0.0844. The van der Waals surface area contributed by atoms with Crippen molar-refractivity contribution in [1.82, 2.24) is 0 Å². The number of ether oxygens (including phenoxy) is 1. The second kappa shape index (κ2) is 10.6. The summed E-state index contributed by atoms with van der Waals surface area (Å²) in [4.78, 5) is 35.1. The Labute approximate surface area is 171 Å².